The molecule has 1 atom stereocenters. The van der Waals surface area contributed by atoms with Gasteiger partial charge in [0.1, 0.15) is 11.6 Å². The third kappa shape index (κ3) is 4.69. The zero-order chi connectivity index (χ0) is 13.0. The molecule has 1 aromatic rings. The van der Waals surface area contributed by atoms with Gasteiger partial charge in [0.05, 0.1) is 0 Å². The van der Waals surface area contributed by atoms with Crippen LogP contribution in [0.3, 0.4) is 0 Å². The van der Waals surface area contributed by atoms with Crippen LogP contribution in [0.15, 0.2) is 24.3 Å². The summed E-state index contributed by atoms with van der Waals surface area (Å²) in [4.78, 5) is 13.6. The topological polar surface area (TPSA) is 55.6 Å². The monoisotopic (exact) mass is 288 g/mol. The molecule has 0 aliphatic carbocycles. The van der Waals surface area contributed by atoms with E-state index in [-0.39, 0.29) is 36.8 Å². The number of benzene rings is 1. The molecule has 0 aromatic heterocycles. The van der Waals surface area contributed by atoms with Gasteiger partial charge in [-0.05, 0) is 37.1 Å². The van der Waals surface area contributed by atoms with Gasteiger partial charge in [0.25, 0.3) is 5.91 Å². The van der Waals surface area contributed by atoms with Gasteiger partial charge in [-0.25, -0.2) is 4.39 Å². The first-order chi connectivity index (χ1) is 8.65. The lowest BCUT2D eigenvalue weighted by Crippen LogP contribution is -2.47. The quantitative estimate of drug-likeness (QED) is 0.919. The molecule has 4 nitrogen and oxygen atoms in total. The van der Waals surface area contributed by atoms with Gasteiger partial charge in [-0.3, -0.25) is 4.79 Å². The molecule has 2 rings (SSSR count). The molecule has 0 bridgehead atoms. The number of halogens is 2. The summed E-state index contributed by atoms with van der Waals surface area (Å²) in [6.07, 6.45) is 1.89. The van der Waals surface area contributed by atoms with Gasteiger partial charge >= 0.3 is 0 Å². The third-order valence-corrected chi connectivity index (χ3v) is 2.99. The lowest BCUT2D eigenvalue weighted by Gasteiger charge is -2.30. The fraction of sp³-hybridized carbons (Fsp3) is 0.462. The molecule has 1 aliphatic rings. The highest BCUT2D eigenvalue weighted by Gasteiger charge is 2.21. The Kier molecular flexibility index (Phi) is 6.05. The molecule has 0 saturated carbocycles. The number of ether oxygens (including phenoxy) is 1. The molecule has 0 spiro atoms. The van der Waals surface area contributed by atoms with Crippen molar-refractivity contribution in [3.63, 3.8) is 0 Å². The van der Waals surface area contributed by atoms with Crippen LogP contribution in [0.1, 0.15) is 12.8 Å². The Hall–Kier alpha value is -1.33. The van der Waals surface area contributed by atoms with Crippen LogP contribution in [0.2, 0.25) is 0 Å². The van der Waals surface area contributed by atoms with Crippen molar-refractivity contribution in [2.45, 2.75) is 18.9 Å². The number of piperidine rings is 1. The summed E-state index contributed by atoms with van der Waals surface area (Å²) in [5.41, 5.74) is 5.81. The Labute approximate surface area is 118 Å². The summed E-state index contributed by atoms with van der Waals surface area (Å²) in [7, 11) is 0. The second-order valence-electron chi connectivity index (χ2n) is 4.48. The van der Waals surface area contributed by atoms with Crippen molar-refractivity contribution >= 4 is 18.3 Å². The minimum Gasteiger partial charge on any atom is -0.484 e. The predicted octanol–water partition coefficient (Wildman–Crippen LogP) is 1.58. The van der Waals surface area contributed by atoms with E-state index < -0.39 is 0 Å². The van der Waals surface area contributed by atoms with E-state index in [0.29, 0.717) is 12.3 Å². The van der Waals surface area contributed by atoms with Gasteiger partial charge in [-0.1, -0.05) is 0 Å². The maximum Gasteiger partial charge on any atom is 0.260 e. The Morgan fingerprint density at radius 1 is 1.42 bits per heavy atom. The van der Waals surface area contributed by atoms with Crippen molar-refractivity contribution in [3.05, 3.63) is 30.1 Å². The average Bonchev–Trinajstić information content (AvgIpc) is 2.38. The van der Waals surface area contributed by atoms with Crippen LogP contribution in [-0.4, -0.2) is 36.5 Å². The molecule has 0 radical (unpaired) electrons. The minimum atomic E-state index is -0.323. The van der Waals surface area contributed by atoms with Crippen molar-refractivity contribution in [3.8, 4) is 5.75 Å². The van der Waals surface area contributed by atoms with Crippen molar-refractivity contribution in [1.82, 2.24) is 4.90 Å². The van der Waals surface area contributed by atoms with Crippen LogP contribution in [0.25, 0.3) is 0 Å². The van der Waals surface area contributed by atoms with Gasteiger partial charge < -0.3 is 15.4 Å². The van der Waals surface area contributed by atoms with Crippen LogP contribution < -0.4 is 10.5 Å². The van der Waals surface area contributed by atoms with Gasteiger partial charge in [-0.2, -0.15) is 0 Å². The summed E-state index contributed by atoms with van der Waals surface area (Å²) in [5, 5.41) is 0. The minimum absolute atomic E-state index is 0. The van der Waals surface area contributed by atoms with Crippen molar-refractivity contribution < 1.29 is 13.9 Å². The number of hydrogen-bond donors (Lipinski definition) is 1. The van der Waals surface area contributed by atoms with E-state index in [2.05, 4.69) is 0 Å². The van der Waals surface area contributed by atoms with Crippen LogP contribution >= 0.6 is 12.4 Å². The summed E-state index contributed by atoms with van der Waals surface area (Å²) >= 11 is 0. The number of hydrogen-bond acceptors (Lipinski definition) is 3. The molecule has 1 heterocycles. The number of rotatable bonds is 3. The molecule has 1 aliphatic heterocycles. The van der Waals surface area contributed by atoms with E-state index >= 15 is 0 Å². The van der Waals surface area contributed by atoms with Gasteiger partial charge in [0.2, 0.25) is 0 Å². The molecule has 1 saturated heterocycles. The number of nitrogens with zero attached hydrogens (tertiary/aromatic N) is 1. The Bertz CT molecular complexity index is 414. The third-order valence-electron chi connectivity index (χ3n) is 2.99. The van der Waals surface area contributed by atoms with Crippen molar-refractivity contribution in [2.75, 3.05) is 19.7 Å². The summed E-state index contributed by atoms with van der Waals surface area (Å²) in [5.74, 6) is 0.0937. The largest absolute Gasteiger partial charge is 0.484 e. The first kappa shape index (κ1) is 15.7. The highest BCUT2D eigenvalue weighted by Crippen LogP contribution is 2.12. The first-order valence-corrected chi connectivity index (χ1v) is 6.07. The van der Waals surface area contributed by atoms with E-state index in [9.17, 15) is 9.18 Å². The van der Waals surface area contributed by atoms with Gasteiger partial charge in [0.15, 0.2) is 6.61 Å². The SMILES string of the molecule is Cl.NC1CCCN(C(=O)COc2ccc(F)cc2)C1. The van der Waals surface area contributed by atoms with Crippen molar-refractivity contribution in [2.24, 2.45) is 5.73 Å². The van der Waals surface area contributed by atoms with Crippen LogP contribution in [0, 0.1) is 5.82 Å². The second-order valence-corrected chi connectivity index (χ2v) is 4.48. The smallest absolute Gasteiger partial charge is 0.260 e. The summed E-state index contributed by atoms with van der Waals surface area (Å²) < 4.78 is 18.0. The predicted molar refractivity (Wildman–Crippen MR) is 72.9 cm³/mol. The fourth-order valence-electron chi connectivity index (χ4n) is 2.00. The zero-order valence-electron chi connectivity index (χ0n) is 10.5. The number of carbonyl (C=O) groups excluding carboxylic acids is 1. The molecular weight excluding hydrogens is 271 g/mol. The molecule has 1 amide bonds. The number of likely N-dealkylation sites (tertiary alicyclic amines) is 1. The normalized spacial score (nSPS) is 18.6. The Morgan fingerprint density at radius 3 is 2.74 bits per heavy atom. The van der Waals surface area contributed by atoms with Gasteiger partial charge in [0, 0.05) is 19.1 Å². The van der Waals surface area contributed by atoms with Gasteiger partial charge in [-0.15, -0.1) is 12.4 Å². The molecule has 2 N–H and O–H groups in total. The van der Waals surface area contributed by atoms with Crippen LogP contribution in [-0.2, 0) is 4.79 Å². The zero-order valence-corrected chi connectivity index (χ0v) is 11.4. The van der Waals surface area contributed by atoms with E-state index in [1.54, 1.807) is 4.90 Å². The second kappa shape index (κ2) is 7.31. The number of nitrogens with two attached hydrogens (primary N) is 1. The highest BCUT2D eigenvalue weighted by atomic mass is 35.5. The van der Waals surface area contributed by atoms with E-state index in [0.717, 1.165) is 19.4 Å². The van der Waals surface area contributed by atoms with Crippen LogP contribution in [0.4, 0.5) is 4.39 Å². The molecule has 1 fully saturated rings. The lowest BCUT2D eigenvalue weighted by atomic mass is 10.1. The standard InChI is InChI=1S/C13H17FN2O2.ClH/c14-10-3-5-12(6-4-10)18-9-13(17)16-7-1-2-11(15)8-16;/h3-6,11H,1-2,7-9,15H2;1H. The maximum atomic E-state index is 12.7. The maximum absolute atomic E-state index is 12.7. The summed E-state index contributed by atoms with van der Waals surface area (Å²) in [6, 6.07) is 5.68. The fourth-order valence-corrected chi connectivity index (χ4v) is 2.00. The van der Waals surface area contributed by atoms with E-state index in [1.807, 2.05) is 0 Å². The molecule has 106 valence electrons. The highest BCUT2D eigenvalue weighted by molar-refractivity contribution is 5.85. The van der Waals surface area contributed by atoms with Crippen molar-refractivity contribution in [1.29, 1.82) is 0 Å². The molecule has 19 heavy (non-hydrogen) atoms. The van der Waals surface area contributed by atoms with Crippen LogP contribution in [0.5, 0.6) is 5.75 Å². The Balaban J connectivity index is 0.00000180. The number of carbonyl (C=O) groups is 1. The number of amides is 1. The Morgan fingerprint density at radius 2 is 2.11 bits per heavy atom. The first-order valence-electron chi connectivity index (χ1n) is 6.07. The molecule has 1 unspecified atom stereocenters. The average molecular weight is 289 g/mol. The molecule has 1 aromatic carbocycles. The van der Waals surface area contributed by atoms with E-state index in [1.165, 1.54) is 24.3 Å². The summed E-state index contributed by atoms with van der Waals surface area (Å²) in [6.45, 7) is 1.29. The molecule has 6 heteroatoms. The van der Waals surface area contributed by atoms with E-state index in [4.69, 9.17) is 10.5 Å². The lowest BCUT2D eigenvalue weighted by molar-refractivity contribution is -0.134. The molecular formula is C13H18ClFN2O2.